The fraction of sp³-hybridized carbons (Fsp3) is 0.391. The average Bonchev–Trinajstić information content (AvgIpc) is 2.73. The summed E-state index contributed by atoms with van der Waals surface area (Å²) in [4.78, 5) is 27.3. The van der Waals surface area contributed by atoms with Crippen molar-refractivity contribution in [3.05, 3.63) is 63.6 Å². The highest BCUT2D eigenvalue weighted by molar-refractivity contribution is 6.35. The Morgan fingerprint density at radius 2 is 1.80 bits per heavy atom. The molecule has 0 heterocycles. The highest BCUT2D eigenvalue weighted by atomic mass is 35.5. The highest BCUT2D eigenvalue weighted by Gasteiger charge is 2.29. The van der Waals surface area contributed by atoms with Crippen molar-refractivity contribution in [1.82, 2.24) is 10.2 Å². The standard InChI is InChI=1S/C23H28Cl2N2O3/c1-4-12-26-23(29)21(5-2)27(14-17-8-9-18(24)13-20(17)25)22(28)15-30-19-10-6-16(3)7-11-19/h6-11,13,21H,4-5,12,14-15H2,1-3H3,(H,26,29). The van der Waals surface area contributed by atoms with Crippen LogP contribution in [0.4, 0.5) is 0 Å². The number of aryl methyl sites for hydroxylation is 1. The molecule has 0 aliphatic carbocycles. The van der Waals surface area contributed by atoms with Gasteiger partial charge in [0, 0.05) is 23.1 Å². The molecule has 162 valence electrons. The molecule has 1 atom stereocenters. The van der Waals surface area contributed by atoms with Crippen LogP contribution in [-0.4, -0.2) is 35.9 Å². The van der Waals surface area contributed by atoms with Gasteiger partial charge < -0.3 is 15.0 Å². The second-order valence-electron chi connectivity index (χ2n) is 7.07. The van der Waals surface area contributed by atoms with E-state index in [2.05, 4.69) is 5.32 Å². The van der Waals surface area contributed by atoms with E-state index in [0.717, 1.165) is 12.0 Å². The predicted octanol–water partition coefficient (Wildman–Crippen LogP) is 5.01. The quantitative estimate of drug-likeness (QED) is 0.552. The molecule has 7 heteroatoms. The van der Waals surface area contributed by atoms with Crippen LogP contribution in [0.5, 0.6) is 5.75 Å². The molecule has 0 bridgehead atoms. The number of ether oxygens (including phenoxy) is 1. The molecule has 0 fully saturated rings. The molecular weight excluding hydrogens is 423 g/mol. The predicted molar refractivity (Wildman–Crippen MR) is 121 cm³/mol. The monoisotopic (exact) mass is 450 g/mol. The molecule has 2 aromatic carbocycles. The van der Waals surface area contributed by atoms with E-state index < -0.39 is 6.04 Å². The molecule has 0 aromatic heterocycles. The Hall–Kier alpha value is -2.24. The fourth-order valence-electron chi connectivity index (χ4n) is 2.98. The minimum atomic E-state index is -0.627. The summed E-state index contributed by atoms with van der Waals surface area (Å²) in [5.74, 6) is 0.120. The normalized spacial score (nSPS) is 11.6. The van der Waals surface area contributed by atoms with Crippen LogP contribution in [-0.2, 0) is 16.1 Å². The number of hydrogen-bond donors (Lipinski definition) is 1. The van der Waals surface area contributed by atoms with E-state index in [1.54, 1.807) is 18.2 Å². The zero-order valence-corrected chi connectivity index (χ0v) is 19.1. The lowest BCUT2D eigenvalue weighted by molar-refractivity contribution is -0.143. The van der Waals surface area contributed by atoms with Crippen LogP contribution in [0.25, 0.3) is 0 Å². The minimum Gasteiger partial charge on any atom is -0.484 e. The summed E-state index contributed by atoms with van der Waals surface area (Å²) in [5, 5.41) is 3.84. The second-order valence-corrected chi connectivity index (χ2v) is 7.92. The number of hydrogen-bond acceptors (Lipinski definition) is 3. The van der Waals surface area contributed by atoms with Gasteiger partial charge in [0.05, 0.1) is 0 Å². The number of nitrogens with zero attached hydrogens (tertiary/aromatic N) is 1. The molecule has 2 rings (SSSR count). The summed E-state index contributed by atoms with van der Waals surface area (Å²) in [7, 11) is 0. The Morgan fingerprint density at radius 1 is 1.10 bits per heavy atom. The minimum absolute atomic E-state index is 0.175. The third-order valence-corrected chi connectivity index (χ3v) is 5.26. The van der Waals surface area contributed by atoms with Crippen molar-refractivity contribution < 1.29 is 14.3 Å². The first kappa shape index (κ1) is 24.0. The summed E-state index contributed by atoms with van der Waals surface area (Å²) in [6.07, 6.45) is 1.28. The molecule has 0 aliphatic heterocycles. The number of carbonyl (C=O) groups excluding carboxylic acids is 2. The summed E-state index contributed by atoms with van der Waals surface area (Å²) in [6.45, 7) is 6.40. The van der Waals surface area contributed by atoms with E-state index in [-0.39, 0.29) is 25.0 Å². The van der Waals surface area contributed by atoms with Gasteiger partial charge in [0.2, 0.25) is 5.91 Å². The van der Waals surface area contributed by atoms with Crippen LogP contribution in [0.15, 0.2) is 42.5 Å². The number of carbonyl (C=O) groups is 2. The van der Waals surface area contributed by atoms with Crippen molar-refractivity contribution in [1.29, 1.82) is 0 Å². The maximum atomic E-state index is 13.1. The van der Waals surface area contributed by atoms with E-state index in [1.165, 1.54) is 4.90 Å². The van der Waals surface area contributed by atoms with Crippen LogP contribution in [0.1, 0.15) is 37.8 Å². The van der Waals surface area contributed by atoms with Gasteiger partial charge in [-0.2, -0.15) is 0 Å². The van der Waals surface area contributed by atoms with Gasteiger partial charge in [0.25, 0.3) is 5.91 Å². The van der Waals surface area contributed by atoms with Crippen molar-refractivity contribution in [3.8, 4) is 5.75 Å². The number of rotatable bonds is 10. The Balaban J connectivity index is 2.22. The zero-order chi connectivity index (χ0) is 22.1. The van der Waals surface area contributed by atoms with Gasteiger partial charge >= 0.3 is 0 Å². The molecule has 0 spiro atoms. The van der Waals surface area contributed by atoms with Crippen molar-refractivity contribution in [2.45, 2.75) is 46.2 Å². The third-order valence-electron chi connectivity index (χ3n) is 4.67. The van der Waals surface area contributed by atoms with Gasteiger partial charge in [-0.1, -0.05) is 60.8 Å². The van der Waals surface area contributed by atoms with Crippen molar-refractivity contribution >= 4 is 35.0 Å². The average molecular weight is 451 g/mol. The van der Waals surface area contributed by atoms with Crippen molar-refractivity contribution in [2.24, 2.45) is 0 Å². The van der Waals surface area contributed by atoms with Crippen LogP contribution in [0.2, 0.25) is 10.0 Å². The topological polar surface area (TPSA) is 58.6 Å². The largest absolute Gasteiger partial charge is 0.484 e. The maximum absolute atomic E-state index is 13.1. The summed E-state index contributed by atoms with van der Waals surface area (Å²) < 4.78 is 5.67. The van der Waals surface area contributed by atoms with Crippen molar-refractivity contribution in [3.63, 3.8) is 0 Å². The smallest absolute Gasteiger partial charge is 0.261 e. The zero-order valence-electron chi connectivity index (χ0n) is 17.6. The van der Waals surface area contributed by atoms with Crippen LogP contribution in [0.3, 0.4) is 0 Å². The molecular formula is C23H28Cl2N2O3. The van der Waals surface area contributed by atoms with E-state index in [1.807, 2.05) is 45.0 Å². The number of nitrogens with one attached hydrogen (secondary N) is 1. The van der Waals surface area contributed by atoms with Crippen molar-refractivity contribution in [2.75, 3.05) is 13.2 Å². The SMILES string of the molecule is CCCNC(=O)C(CC)N(Cc1ccc(Cl)cc1Cl)C(=O)COc1ccc(C)cc1. The number of amides is 2. The molecule has 1 N–H and O–H groups in total. The summed E-state index contributed by atoms with van der Waals surface area (Å²) >= 11 is 12.3. The van der Waals surface area contributed by atoms with E-state index in [9.17, 15) is 9.59 Å². The summed E-state index contributed by atoms with van der Waals surface area (Å²) in [5.41, 5.74) is 1.82. The molecule has 30 heavy (non-hydrogen) atoms. The molecule has 0 radical (unpaired) electrons. The van der Waals surface area contributed by atoms with Crippen LogP contribution in [0, 0.1) is 6.92 Å². The van der Waals surface area contributed by atoms with Crippen LogP contribution < -0.4 is 10.1 Å². The molecule has 0 saturated carbocycles. The van der Waals surface area contributed by atoms with Gasteiger partial charge in [-0.25, -0.2) is 0 Å². The first-order valence-electron chi connectivity index (χ1n) is 10.1. The van der Waals surface area contributed by atoms with E-state index in [4.69, 9.17) is 27.9 Å². The van der Waals surface area contributed by atoms with Gasteiger partial charge in [0.1, 0.15) is 11.8 Å². The lowest BCUT2D eigenvalue weighted by Gasteiger charge is -2.31. The van der Waals surface area contributed by atoms with Crippen LogP contribution >= 0.6 is 23.2 Å². The third kappa shape index (κ3) is 6.92. The summed E-state index contributed by atoms with van der Waals surface area (Å²) in [6, 6.07) is 11.9. The molecule has 2 amide bonds. The number of halogens is 2. The number of benzene rings is 2. The highest BCUT2D eigenvalue weighted by Crippen LogP contribution is 2.24. The molecule has 5 nitrogen and oxygen atoms in total. The van der Waals surface area contributed by atoms with E-state index in [0.29, 0.717) is 34.3 Å². The second kappa shape index (κ2) is 11.8. The first-order valence-corrected chi connectivity index (χ1v) is 10.8. The first-order chi connectivity index (χ1) is 14.3. The molecule has 2 aromatic rings. The Labute approximate surface area is 188 Å². The molecule has 1 unspecified atom stereocenters. The van der Waals surface area contributed by atoms with Gasteiger partial charge in [-0.05, 0) is 49.6 Å². The van der Waals surface area contributed by atoms with Gasteiger partial charge in [-0.3, -0.25) is 9.59 Å². The lowest BCUT2D eigenvalue weighted by atomic mass is 10.1. The Morgan fingerprint density at radius 3 is 2.40 bits per heavy atom. The molecule has 0 aliphatic rings. The van der Waals surface area contributed by atoms with E-state index >= 15 is 0 Å². The lowest BCUT2D eigenvalue weighted by Crippen LogP contribution is -2.50. The van der Waals surface area contributed by atoms with Gasteiger partial charge in [-0.15, -0.1) is 0 Å². The fourth-order valence-corrected chi connectivity index (χ4v) is 3.45. The Bertz CT molecular complexity index is 856. The Kier molecular flexibility index (Phi) is 9.47. The van der Waals surface area contributed by atoms with Gasteiger partial charge in [0.15, 0.2) is 6.61 Å². The maximum Gasteiger partial charge on any atom is 0.261 e. The molecule has 0 saturated heterocycles.